The number of hydrogen-bond donors (Lipinski definition) is 1. The maximum absolute atomic E-state index is 12.6. The summed E-state index contributed by atoms with van der Waals surface area (Å²) >= 11 is 0. The van der Waals surface area contributed by atoms with E-state index in [1.54, 1.807) is 0 Å². The molecule has 1 fully saturated rings. The molecule has 4 rings (SSSR count). The van der Waals surface area contributed by atoms with Crippen molar-refractivity contribution in [2.24, 2.45) is 0 Å². The molecule has 0 saturated carbocycles. The lowest BCUT2D eigenvalue weighted by molar-refractivity contribution is -0.129. The van der Waals surface area contributed by atoms with Gasteiger partial charge in [-0.2, -0.15) is 0 Å². The summed E-state index contributed by atoms with van der Waals surface area (Å²) in [5, 5.41) is 3.47. The molecule has 0 unspecified atom stereocenters. The standard InChI is InChI=1S/C21H26N4O/c1-13(2)19-11-20(23-14(3)22-19)24-17-10-21(26)25(12-17)18-8-15-6-4-5-7-16(15)9-18/h4-7,11,13,17-18H,8-10,12H2,1-3H3,(H,22,23,24)/t17-/m0/s1. The van der Waals surface area contributed by atoms with Crippen LogP contribution in [0, 0.1) is 6.92 Å². The summed E-state index contributed by atoms with van der Waals surface area (Å²) in [6.07, 6.45) is 2.48. The smallest absolute Gasteiger partial charge is 0.225 e. The van der Waals surface area contributed by atoms with Gasteiger partial charge < -0.3 is 10.2 Å². The topological polar surface area (TPSA) is 58.1 Å². The van der Waals surface area contributed by atoms with Gasteiger partial charge in [0.25, 0.3) is 0 Å². The fraction of sp³-hybridized carbons (Fsp3) is 0.476. The van der Waals surface area contributed by atoms with Gasteiger partial charge in [0.1, 0.15) is 11.6 Å². The molecule has 1 N–H and O–H groups in total. The minimum Gasteiger partial charge on any atom is -0.365 e. The van der Waals surface area contributed by atoms with Crippen molar-refractivity contribution < 1.29 is 4.79 Å². The minimum atomic E-state index is 0.112. The third kappa shape index (κ3) is 3.30. The van der Waals surface area contributed by atoms with Crippen LogP contribution in [0.25, 0.3) is 0 Å². The van der Waals surface area contributed by atoms with Gasteiger partial charge in [0, 0.05) is 30.8 Å². The quantitative estimate of drug-likeness (QED) is 0.921. The molecule has 136 valence electrons. The molecular weight excluding hydrogens is 324 g/mol. The molecule has 1 aliphatic heterocycles. The first-order valence-electron chi connectivity index (χ1n) is 9.48. The highest BCUT2D eigenvalue weighted by Crippen LogP contribution is 2.29. The Morgan fingerprint density at radius 2 is 1.81 bits per heavy atom. The Morgan fingerprint density at radius 3 is 2.46 bits per heavy atom. The van der Waals surface area contributed by atoms with Crippen molar-refractivity contribution >= 4 is 11.7 Å². The third-order valence-electron chi connectivity index (χ3n) is 5.43. The van der Waals surface area contributed by atoms with Crippen LogP contribution >= 0.6 is 0 Å². The van der Waals surface area contributed by atoms with E-state index in [0.29, 0.717) is 18.4 Å². The van der Waals surface area contributed by atoms with Gasteiger partial charge in [0.05, 0.1) is 6.04 Å². The highest BCUT2D eigenvalue weighted by molar-refractivity contribution is 5.80. The summed E-state index contributed by atoms with van der Waals surface area (Å²) in [6, 6.07) is 11.0. The van der Waals surface area contributed by atoms with Gasteiger partial charge >= 0.3 is 0 Å². The first-order valence-corrected chi connectivity index (χ1v) is 9.48. The number of carbonyl (C=O) groups is 1. The van der Waals surface area contributed by atoms with Crippen molar-refractivity contribution in [2.75, 3.05) is 11.9 Å². The van der Waals surface area contributed by atoms with Gasteiger partial charge in [-0.05, 0) is 36.8 Å². The lowest BCUT2D eigenvalue weighted by atomic mass is 10.1. The van der Waals surface area contributed by atoms with E-state index < -0.39 is 0 Å². The highest BCUT2D eigenvalue weighted by atomic mass is 16.2. The zero-order chi connectivity index (χ0) is 18.3. The first-order chi connectivity index (χ1) is 12.5. The average Bonchev–Trinajstić information content (AvgIpc) is 3.17. The molecular formula is C21H26N4O. The summed E-state index contributed by atoms with van der Waals surface area (Å²) in [6.45, 7) is 6.92. The summed E-state index contributed by atoms with van der Waals surface area (Å²) in [4.78, 5) is 23.7. The SMILES string of the molecule is Cc1nc(N[C@H]2CC(=O)N(C3Cc4ccccc4C3)C2)cc(C(C)C)n1. The van der Waals surface area contributed by atoms with Crippen LogP contribution in [0.15, 0.2) is 30.3 Å². The zero-order valence-electron chi connectivity index (χ0n) is 15.7. The molecule has 26 heavy (non-hydrogen) atoms. The van der Waals surface area contributed by atoms with Crippen LogP contribution < -0.4 is 5.32 Å². The Morgan fingerprint density at radius 1 is 1.12 bits per heavy atom. The molecule has 1 aromatic carbocycles. The van der Waals surface area contributed by atoms with Crippen molar-refractivity contribution in [1.29, 1.82) is 0 Å². The molecule has 1 atom stereocenters. The Hall–Kier alpha value is -2.43. The fourth-order valence-electron chi connectivity index (χ4n) is 4.11. The molecule has 1 aromatic heterocycles. The lowest BCUT2D eigenvalue weighted by Gasteiger charge is -2.24. The van der Waals surface area contributed by atoms with Crippen LogP contribution in [0.1, 0.15) is 48.8 Å². The molecule has 2 aromatic rings. The zero-order valence-corrected chi connectivity index (χ0v) is 15.7. The summed E-state index contributed by atoms with van der Waals surface area (Å²) in [7, 11) is 0. The van der Waals surface area contributed by atoms with E-state index in [4.69, 9.17) is 0 Å². The number of rotatable bonds is 4. The fourth-order valence-corrected chi connectivity index (χ4v) is 4.11. The van der Waals surface area contributed by atoms with E-state index >= 15 is 0 Å². The van der Waals surface area contributed by atoms with Crippen molar-refractivity contribution in [3.8, 4) is 0 Å². The number of fused-ring (bicyclic) bond motifs is 1. The van der Waals surface area contributed by atoms with E-state index in [1.807, 2.05) is 13.0 Å². The molecule has 0 spiro atoms. The van der Waals surface area contributed by atoms with Crippen LogP contribution in [0.2, 0.25) is 0 Å². The van der Waals surface area contributed by atoms with Gasteiger partial charge in [-0.1, -0.05) is 38.1 Å². The Labute approximate surface area is 154 Å². The molecule has 1 amide bonds. The maximum Gasteiger partial charge on any atom is 0.225 e. The van der Waals surface area contributed by atoms with Gasteiger partial charge in [0.2, 0.25) is 5.91 Å². The first kappa shape index (κ1) is 17.0. The maximum atomic E-state index is 12.6. The molecule has 2 heterocycles. The van der Waals surface area contributed by atoms with Crippen LogP contribution in [0.4, 0.5) is 5.82 Å². The molecule has 5 heteroatoms. The molecule has 1 saturated heterocycles. The largest absolute Gasteiger partial charge is 0.365 e. The molecule has 0 bridgehead atoms. The average molecular weight is 350 g/mol. The number of aryl methyl sites for hydroxylation is 1. The van der Waals surface area contributed by atoms with Crippen molar-refractivity contribution in [2.45, 2.75) is 58.0 Å². The second-order valence-corrected chi connectivity index (χ2v) is 7.80. The van der Waals surface area contributed by atoms with Gasteiger partial charge in [0.15, 0.2) is 0 Å². The number of carbonyl (C=O) groups excluding carboxylic acids is 1. The predicted octanol–water partition coefficient (Wildman–Crippen LogP) is 3.09. The predicted molar refractivity (Wildman–Crippen MR) is 102 cm³/mol. The van der Waals surface area contributed by atoms with Crippen molar-refractivity contribution in [3.63, 3.8) is 0 Å². The molecule has 2 aliphatic rings. The summed E-state index contributed by atoms with van der Waals surface area (Å²) in [5.74, 6) is 2.20. The molecule has 1 aliphatic carbocycles. The second kappa shape index (κ2) is 6.71. The number of nitrogens with one attached hydrogen (secondary N) is 1. The van der Waals surface area contributed by atoms with E-state index in [2.05, 4.69) is 58.3 Å². The van der Waals surface area contributed by atoms with E-state index in [9.17, 15) is 4.79 Å². The van der Waals surface area contributed by atoms with Gasteiger partial charge in [-0.3, -0.25) is 4.79 Å². The van der Waals surface area contributed by atoms with E-state index in [0.717, 1.165) is 36.7 Å². The number of aromatic nitrogens is 2. The van der Waals surface area contributed by atoms with Crippen LogP contribution in [-0.2, 0) is 17.6 Å². The van der Waals surface area contributed by atoms with Gasteiger partial charge in [-0.25, -0.2) is 9.97 Å². The van der Waals surface area contributed by atoms with E-state index in [1.165, 1.54) is 11.1 Å². The lowest BCUT2D eigenvalue weighted by Crippen LogP contribution is -2.38. The number of nitrogens with zero attached hydrogens (tertiary/aromatic N) is 3. The van der Waals surface area contributed by atoms with Crippen LogP contribution in [0.3, 0.4) is 0 Å². The highest BCUT2D eigenvalue weighted by Gasteiger charge is 2.37. The Bertz CT molecular complexity index is 808. The van der Waals surface area contributed by atoms with Crippen LogP contribution in [-0.4, -0.2) is 39.4 Å². The number of benzene rings is 1. The third-order valence-corrected chi connectivity index (χ3v) is 5.43. The number of amides is 1. The minimum absolute atomic E-state index is 0.112. The van der Waals surface area contributed by atoms with Crippen molar-refractivity contribution in [1.82, 2.24) is 14.9 Å². The summed E-state index contributed by atoms with van der Waals surface area (Å²) in [5.41, 5.74) is 3.80. The summed E-state index contributed by atoms with van der Waals surface area (Å²) < 4.78 is 0. The second-order valence-electron chi connectivity index (χ2n) is 7.80. The number of hydrogen-bond acceptors (Lipinski definition) is 4. The molecule has 0 radical (unpaired) electrons. The Kier molecular flexibility index (Phi) is 4.39. The molecule has 5 nitrogen and oxygen atoms in total. The van der Waals surface area contributed by atoms with Crippen LogP contribution in [0.5, 0.6) is 0 Å². The monoisotopic (exact) mass is 350 g/mol. The number of likely N-dealkylation sites (tertiary alicyclic amines) is 1. The number of anilines is 1. The Balaban J connectivity index is 1.44. The van der Waals surface area contributed by atoms with Gasteiger partial charge in [-0.15, -0.1) is 0 Å². The van der Waals surface area contributed by atoms with E-state index in [-0.39, 0.29) is 11.9 Å². The normalized spacial score (nSPS) is 20.1. The van der Waals surface area contributed by atoms with Crippen molar-refractivity contribution in [3.05, 3.63) is 53.0 Å².